The van der Waals surface area contributed by atoms with Crippen molar-refractivity contribution in [2.75, 3.05) is 6.54 Å². The van der Waals surface area contributed by atoms with Gasteiger partial charge < -0.3 is 0 Å². The molecule has 0 unspecified atom stereocenters. The predicted molar refractivity (Wildman–Crippen MR) is 67.1 cm³/mol. The summed E-state index contributed by atoms with van der Waals surface area (Å²) >= 11 is 10.2. The van der Waals surface area contributed by atoms with Crippen molar-refractivity contribution in [2.24, 2.45) is 0 Å². The van der Waals surface area contributed by atoms with E-state index >= 15 is 0 Å². The summed E-state index contributed by atoms with van der Waals surface area (Å²) < 4.78 is 26.6. The molecule has 86 valence electrons. The zero-order chi connectivity index (χ0) is 11.5. The second-order valence-electron chi connectivity index (χ2n) is 2.88. The van der Waals surface area contributed by atoms with Gasteiger partial charge in [-0.3, -0.25) is 0 Å². The zero-order valence-electron chi connectivity index (χ0n) is 8.09. The van der Waals surface area contributed by atoms with Crippen LogP contribution in [0, 0.1) is 0 Å². The van der Waals surface area contributed by atoms with E-state index in [9.17, 15) is 8.42 Å². The Kier molecular flexibility index (Phi) is 5.05. The van der Waals surface area contributed by atoms with Gasteiger partial charge in [0.25, 0.3) is 0 Å². The average Bonchev–Trinajstić information content (AvgIpc) is 2.57. The Morgan fingerprint density at radius 3 is 2.73 bits per heavy atom. The quantitative estimate of drug-likeness (QED) is 0.843. The maximum atomic E-state index is 11.8. The summed E-state index contributed by atoms with van der Waals surface area (Å²) in [6, 6.07) is 1.60. The number of thiophene rings is 1. The molecule has 0 radical (unpaired) electrons. The SMILES string of the molecule is CCCNS(=O)(=O)c1cc(CCl)sc1Br. The molecule has 0 saturated heterocycles. The van der Waals surface area contributed by atoms with Crippen LogP contribution in [0.25, 0.3) is 0 Å². The highest BCUT2D eigenvalue weighted by Crippen LogP contribution is 2.32. The van der Waals surface area contributed by atoms with Crippen molar-refractivity contribution < 1.29 is 8.42 Å². The molecule has 1 heterocycles. The van der Waals surface area contributed by atoms with Crippen molar-refractivity contribution in [3.63, 3.8) is 0 Å². The molecule has 0 spiro atoms. The van der Waals surface area contributed by atoms with Crippen molar-refractivity contribution in [2.45, 2.75) is 24.1 Å². The summed E-state index contributed by atoms with van der Waals surface area (Å²) in [5.41, 5.74) is 0. The first kappa shape index (κ1) is 13.4. The number of halogens is 2. The fourth-order valence-electron chi connectivity index (χ4n) is 0.961. The molecule has 1 aromatic heterocycles. The van der Waals surface area contributed by atoms with Gasteiger partial charge in [0, 0.05) is 11.4 Å². The number of hydrogen-bond donors (Lipinski definition) is 1. The molecule has 0 aliphatic heterocycles. The normalized spacial score (nSPS) is 11.9. The second kappa shape index (κ2) is 5.63. The maximum Gasteiger partial charge on any atom is 0.242 e. The van der Waals surface area contributed by atoms with E-state index in [4.69, 9.17) is 11.6 Å². The number of rotatable bonds is 5. The van der Waals surface area contributed by atoms with Crippen molar-refractivity contribution in [3.05, 3.63) is 14.7 Å². The van der Waals surface area contributed by atoms with Crippen LogP contribution in [-0.4, -0.2) is 15.0 Å². The van der Waals surface area contributed by atoms with Gasteiger partial charge in [-0.25, -0.2) is 13.1 Å². The van der Waals surface area contributed by atoms with Crippen LogP contribution in [0.2, 0.25) is 0 Å². The lowest BCUT2D eigenvalue weighted by Gasteiger charge is -2.03. The van der Waals surface area contributed by atoms with E-state index in [0.29, 0.717) is 16.2 Å². The molecule has 0 saturated carbocycles. The van der Waals surface area contributed by atoms with E-state index in [2.05, 4.69) is 20.7 Å². The van der Waals surface area contributed by atoms with Gasteiger partial charge in [0.05, 0.1) is 9.67 Å². The Hall–Kier alpha value is 0.380. The number of nitrogens with one attached hydrogen (secondary N) is 1. The summed E-state index contributed by atoms with van der Waals surface area (Å²) in [6.07, 6.45) is 0.767. The summed E-state index contributed by atoms with van der Waals surface area (Å²) in [4.78, 5) is 1.11. The molecule has 1 aromatic rings. The fourth-order valence-corrected chi connectivity index (χ4v) is 4.87. The monoisotopic (exact) mass is 331 g/mol. The molecule has 3 nitrogen and oxygen atoms in total. The molecule has 7 heteroatoms. The van der Waals surface area contributed by atoms with Crippen LogP contribution in [0.1, 0.15) is 18.2 Å². The number of hydrogen-bond acceptors (Lipinski definition) is 3. The van der Waals surface area contributed by atoms with Gasteiger partial charge >= 0.3 is 0 Å². The van der Waals surface area contributed by atoms with Crippen molar-refractivity contribution in [3.8, 4) is 0 Å². The van der Waals surface area contributed by atoms with E-state index < -0.39 is 10.0 Å². The van der Waals surface area contributed by atoms with Crippen LogP contribution < -0.4 is 4.72 Å². The molecule has 1 rings (SSSR count). The Balaban J connectivity index is 2.99. The van der Waals surface area contributed by atoms with Crippen LogP contribution in [0.4, 0.5) is 0 Å². The lowest BCUT2D eigenvalue weighted by atomic mass is 10.5. The minimum Gasteiger partial charge on any atom is -0.211 e. The molecule has 15 heavy (non-hydrogen) atoms. The van der Waals surface area contributed by atoms with Crippen LogP contribution in [-0.2, 0) is 15.9 Å². The Bertz CT molecular complexity index is 430. The molecule has 0 aliphatic carbocycles. The van der Waals surface area contributed by atoms with Gasteiger partial charge in [0.1, 0.15) is 4.90 Å². The lowest BCUT2D eigenvalue weighted by Crippen LogP contribution is -2.24. The van der Waals surface area contributed by atoms with Gasteiger partial charge in [-0.05, 0) is 28.4 Å². The zero-order valence-corrected chi connectivity index (χ0v) is 12.1. The molecule has 0 atom stereocenters. The van der Waals surface area contributed by atoms with Crippen molar-refractivity contribution in [1.82, 2.24) is 4.72 Å². The predicted octanol–water partition coefficient (Wildman–Crippen LogP) is 2.94. The van der Waals surface area contributed by atoms with Crippen LogP contribution >= 0.6 is 38.9 Å². The largest absolute Gasteiger partial charge is 0.242 e. The lowest BCUT2D eigenvalue weighted by molar-refractivity contribution is 0.580. The second-order valence-corrected chi connectivity index (χ2v) is 7.34. The summed E-state index contributed by atoms with van der Waals surface area (Å²) in [5.74, 6) is 0.326. The number of sulfonamides is 1. The molecule has 0 aliphatic rings. The van der Waals surface area contributed by atoms with Crippen molar-refractivity contribution >= 4 is 48.9 Å². The van der Waals surface area contributed by atoms with E-state index in [1.54, 1.807) is 6.07 Å². The highest BCUT2D eigenvalue weighted by atomic mass is 79.9. The first-order valence-electron chi connectivity index (χ1n) is 4.35. The molecule has 0 aromatic carbocycles. The fraction of sp³-hybridized carbons (Fsp3) is 0.500. The van der Waals surface area contributed by atoms with Gasteiger partial charge in [-0.2, -0.15) is 0 Å². The number of alkyl halides is 1. The first-order chi connectivity index (χ1) is 7.01. The molecule has 0 fully saturated rings. The Morgan fingerprint density at radius 1 is 1.60 bits per heavy atom. The van der Waals surface area contributed by atoms with Crippen LogP contribution in [0.3, 0.4) is 0 Å². The van der Waals surface area contributed by atoms with E-state index in [-0.39, 0.29) is 4.90 Å². The van der Waals surface area contributed by atoms with Crippen molar-refractivity contribution in [1.29, 1.82) is 0 Å². The molecular weight excluding hydrogens is 322 g/mol. The Morgan fingerprint density at radius 2 is 2.27 bits per heavy atom. The standard InChI is InChI=1S/C8H11BrClNO2S2/c1-2-3-11-15(12,13)7-4-6(5-10)14-8(7)9/h4,11H,2-3,5H2,1H3. The van der Waals surface area contributed by atoms with Gasteiger partial charge in [0.2, 0.25) is 10.0 Å². The highest BCUT2D eigenvalue weighted by Gasteiger charge is 2.19. The van der Waals surface area contributed by atoms with Gasteiger partial charge in [-0.1, -0.05) is 6.92 Å². The third kappa shape index (κ3) is 3.42. The minimum absolute atomic E-state index is 0.275. The van der Waals surface area contributed by atoms with E-state index in [0.717, 1.165) is 11.3 Å². The summed E-state index contributed by atoms with van der Waals surface area (Å²) in [7, 11) is -3.39. The van der Waals surface area contributed by atoms with Crippen LogP contribution in [0.5, 0.6) is 0 Å². The van der Waals surface area contributed by atoms with Gasteiger partial charge in [-0.15, -0.1) is 22.9 Å². The van der Waals surface area contributed by atoms with Gasteiger partial charge in [0.15, 0.2) is 0 Å². The first-order valence-corrected chi connectivity index (χ1v) is 7.97. The van der Waals surface area contributed by atoms with E-state index in [1.165, 1.54) is 11.3 Å². The molecule has 1 N–H and O–H groups in total. The smallest absolute Gasteiger partial charge is 0.211 e. The van der Waals surface area contributed by atoms with Crippen LogP contribution in [0.15, 0.2) is 14.7 Å². The average molecular weight is 333 g/mol. The summed E-state index contributed by atoms with van der Waals surface area (Å²) in [5, 5.41) is 0. The third-order valence-corrected chi connectivity index (χ3v) is 5.83. The Labute approximate surface area is 107 Å². The maximum absolute atomic E-state index is 11.8. The summed E-state index contributed by atoms with van der Waals surface area (Å²) in [6.45, 7) is 2.36. The third-order valence-electron chi connectivity index (χ3n) is 1.67. The molecule has 0 amide bonds. The minimum atomic E-state index is -3.39. The molecule has 0 bridgehead atoms. The topological polar surface area (TPSA) is 46.2 Å². The van der Waals surface area contributed by atoms with E-state index in [1.807, 2.05) is 6.92 Å². The highest BCUT2D eigenvalue weighted by molar-refractivity contribution is 9.11. The molecular formula is C8H11BrClNO2S2.